The van der Waals surface area contributed by atoms with E-state index in [0.717, 1.165) is 23.3 Å². The molecule has 2 bridgehead atoms. The molecule has 0 unspecified atom stereocenters. The van der Waals surface area contributed by atoms with E-state index in [0.29, 0.717) is 37.9 Å². The molecule has 4 atom stereocenters. The zero-order valence-corrected chi connectivity index (χ0v) is 17.8. The van der Waals surface area contributed by atoms with Crippen LogP contribution in [0.25, 0.3) is 0 Å². The summed E-state index contributed by atoms with van der Waals surface area (Å²) in [6, 6.07) is 15.0. The van der Waals surface area contributed by atoms with Gasteiger partial charge in [-0.1, -0.05) is 47.7 Å². The summed E-state index contributed by atoms with van der Waals surface area (Å²) in [5, 5.41) is 19.0. The first-order valence-electron chi connectivity index (χ1n) is 11.0. The molecule has 1 aromatic heterocycles. The van der Waals surface area contributed by atoms with Gasteiger partial charge in [-0.25, -0.2) is 4.68 Å². The quantitative estimate of drug-likeness (QED) is 0.596. The number of aromatic nitrogens is 3. The molecule has 6 nitrogen and oxygen atoms in total. The summed E-state index contributed by atoms with van der Waals surface area (Å²) < 4.78 is 52.6. The first-order chi connectivity index (χ1) is 15.8. The number of rotatable bonds is 6. The molecule has 0 aliphatic carbocycles. The maximum Gasteiger partial charge on any atom is 0.416 e. The molecule has 5 rings (SSSR count). The Hall–Kier alpha value is -2.75. The molecule has 0 amide bonds. The fraction of sp³-hybridized carbons (Fsp3) is 0.417. The third-order valence-corrected chi connectivity index (χ3v) is 6.30. The summed E-state index contributed by atoms with van der Waals surface area (Å²) in [5.41, 5.74) is 1.78. The van der Waals surface area contributed by atoms with Gasteiger partial charge in [0.25, 0.3) is 0 Å². The van der Waals surface area contributed by atoms with Crippen molar-refractivity contribution in [1.82, 2.24) is 15.0 Å². The van der Waals surface area contributed by atoms with E-state index in [1.807, 2.05) is 30.3 Å². The number of nitrogens with zero attached hydrogens (tertiary/aromatic N) is 3. The van der Waals surface area contributed by atoms with Gasteiger partial charge in [-0.2, -0.15) is 13.2 Å². The molecule has 2 aromatic carbocycles. The molecule has 0 radical (unpaired) electrons. The van der Waals surface area contributed by atoms with Crippen LogP contribution in [0.15, 0.2) is 60.8 Å². The van der Waals surface area contributed by atoms with E-state index >= 15 is 0 Å². The zero-order chi connectivity index (χ0) is 23.1. The summed E-state index contributed by atoms with van der Waals surface area (Å²) in [6.45, 7) is 0.563. The van der Waals surface area contributed by atoms with Crippen molar-refractivity contribution in [3.05, 3.63) is 83.2 Å². The second kappa shape index (κ2) is 8.55. The fourth-order valence-electron chi connectivity index (χ4n) is 4.52. The van der Waals surface area contributed by atoms with Gasteiger partial charge in [-0.15, -0.1) is 5.10 Å². The predicted molar refractivity (Wildman–Crippen MR) is 112 cm³/mol. The second-order valence-electron chi connectivity index (χ2n) is 8.66. The van der Waals surface area contributed by atoms with Crippen molar-refractivity contribution in [3.63, 3.8) is 0 Å². The Bertz CT molecular complexity index is 1090. The number of aliphatic hydroxyl groups is 1. The smallest absolute Gasteiger partial charge is 0.390 e. The summed E-state index contributed by atoms with van der Waals surface area (Å²) in [7, 11) is 0. The van der Waals surface area contributed by atoms with Crippen LogP contribution in [0.5, 0.6) is 0 Å². The van der Waals surface area contributed by atoms with Crippen LogP contribution in [0, 0.1) is 0 Å². The molecular formula is C24H24F3N3O3. The summed E-state index contributed by atoms with van der Waals surface area (Å²) in [5.74, 6) is -0.902. The number of aliphatic hydroxyl groups excluding tert-OH is 1. The lowest BCUT2D eigenvalue weighted by Gasteiger charge is -2.33. The first-order valence-corrected chi connectivity index (χ1v) is 11.0. The van der Waals surface area contributed by atoms with Crippen molar-refractivity contribution in [3.8, 4) is 0 Å². The number of ether oxygens (including phenoxy) is 2. The lowest BCUT2D eigenvalue weighted by Crippen LogP contribution is -2.41. The lowest BCUT2D eigenvalue weighted by molar-refractivity contribution is -0.214. The lowest BCUT2D eigenvalue weighted by atomic mass is 9.94. The molecule has 1 N–H and O–H groups in total. The van der Waals surface area contributed by atoms with Gasteiger partial charge in [0.2, 0.25) is 0 Å². The molecule has 3 aromatic rings. The van der Waals surface area contributed by atoms with Crippen molar-refractivity contribution >= 4 is 0 Å². The van der Waals surface area contributed by atoms with Gasteiger partial charge >= 0.3 is 6.18 Å². The third-order valence-electron chi connectivity index (χ3n) is 6.30. The van der Waals surface area contributed by atoms with Crippen molar-refractivity contribution in [1.29, 1.82) is 0 Å². The Morgan fingerprint density at radius 1 is 1.03 bits per heavy atom. The molecule has 174 valence electrons. The molecular weight excluding hydrogens is 435 g/mol. The highest BCUT2D eigenvalue weighted by molar-refractivity contribution is 5.25. The minimum absolute atomic E-state index is 0.468. The average Bonchev–Trinajstić information content (AvgIpc) is 3.39. The highest BCUT2D eigenvalue weighted by Gasteiger charge is 2.54. The minimum Gasteiger partial charge on any atom is -0.390 e. The van der Waals surface area contributed by atoms with Crippen LogP contribution < -0.4 is 0 Å². The molecule has 2 aliphatic heterocycles. The van der Waals surface area contributed by atoms with Crippen molar-refractivity contribution in [2.75, 3.05) is 0 Å². The number of hydrogen-bond acceptors (Lipinski definition) is 5. The highest BCUT2D eigenvalue weighted by Crippen LogP contribution is 2.48. The van der Waals surface area contributed by atoms with E-state index in [2.05, 4.69) is 10.3 Å². The van der Waals surface area contributed by atoms with Crippen molar-refractivity contribution in [2.24, 2.45) is 0 Å². The van der Waals surface area contributed by atoms with Crippen LogP contribution >= 0.6 is 0 Å². The van der Waals surface area contributed by atoms with E-state index in [9.17, 15) is 18.3 Å². The monoisotopic (exact) mass is 459 g/mol. The number of aryl methyl sites for hydroxylation is 1. The molecule has 3 heterocycles. The summed E-state index contributed by atoms with van der Waals surface area (Å²) >= 11 is 0. The van der Waals surface area contributed by atoms with Crippen LogP contribution in [0.1, 0.15) is 47.8 Å². The standard InChI is InChI=1S/C24H24F3N3O3/c25-24(26,27)18-8-6-16(7-9-18)10-12-23-13-11-20(31)22(33-23)21(32-23)19-15-30(29-28-19)14-17-4-2-1-3-5-17/h1-9,15,20-22,31H,10-14H2/t20-,21+,22-,23-/m0/s1. The Balaban J connectivity index is 1.28. The van der Waals surface area contributed by atoms with Crippen LogP contribution in [0.2, 0.25) is 0 Å². The zero-order valence-electron chi connectivity index (χ0n) is 17.8. The molecule has 9 heteroatoms. The summed E-state index contributed by atoms with van der Waals surface area (Å²) in [6.07, 6.45) is -2.37. The van der Waals surface area contributed by atoms with Gasteiger partial charge in [0.1, 0.15) is 17.9 Å². The van der Waals surface area contributed by atoms with E-state index in [-0.39, 0.29) is 0 Å². The number of benzene rings is 2. The maximum absolute atomic E-state index is 12.8. The minimum atomic E-state index is -4.35. The van der Waals surface area contributed by atoms with Crippen LogP contribution in [-0.4, -0.2) is 38.1 Å². The summed E-state index contributed by atoms with van der Waals surface area (Å²) in [4.78, 5) is 0. The molecule has 2 fully saturated rings. The van der Waals surface area contributed by atoms with E-state index in [1.165, 1.54) is 12.1 Å². The first kappa shape index (κ1) is 22.1. The van der Waals surface area contributed by atoms with Crippen molar-refractivity contribution in [2.45, 2.75) is 62.5 Å². The van der Waals surface area contributed by atoms with Gasteiger partial charge < -0.3 is 14.6 Å². The number of hydrogen-bond donors (Lipinski definition) is 1. The topological polar surface area (TPSA) is 69.4 Å². The van der Waals surface area contributed by atoms with E-state index < -0.39 is 35.8 Å². The maximum atomic E-state index is 12.8. The number of halogens is 3. The second-order valence-corrected chi connectivity index (χ2v) is 8.66. The molecule has 2 aliphatic rings. The fourth-order valence-corrected chi connectivity index (χ4v) is 4.52. The van der Waals surface area contributed by atoms with Gasteiger partial charge in [-0.3, -0.25) is 0 Å². The van der Waals surface area contributed by atoms with Gasteiger partial charge in [0.15, 0.2) is 5.79 Å². The van der Waals surface area contributed by atoms with Crippen molar-refractivity contribution < 1.29 is 27.8 Å². The van der Waals surface area contributed by atoms with E-state index in [4.69, 9.17) is 9.47 Å². The van der Waals surface area contributed by atoms with Gasteiger partial charge in [0.05, 0.1) is 24.4 Å². The Labute approximate surface area is 188 Å². The molecule has 0 spiro atoms. The van der Waals surface area contributed by atoms with Crippen LogP contribution in [0.4, 0.5) is 13.2 Å². The Morgan fingerprint density at radius 2 is 1.79 bits per heavy atom. The number of fused-ring (bicyclic) bond motifs is 2. The normalized spacial score (nSPS) is 27.1. The highest BCUT2D eigenvalue weighted by atomic mass is 19.4. The number of alkyl halides is 3. The Kier molecular flexibility index (Phi) is 5.72. The molecule has 0 saturated carbocycles. The Morgan fingerprint density at radius 3 is 2.52 bits per heavy atom. The largest absolute Gasteiger partial charge is 0.416 e. The van der Waals surface area contributed by atoms with Crippen LogP contribution in [-0.2, 0) is 28.6 Å². The molecule has 2 saturated heterocycles. The van der Waals surface area contributed by atoms with Crippen LogP contribution in [0.3, 0.4) is 0 Å². The third kappa shape index (κ3) is 4.66. The van der Waals surface area contributed by atoms with Gasteiger partial charge in [-0.05, 0) is 36.1 Å². The SMILES string of the molecule is O[C@H]1CC[C@]2(CCc3ccc(C(F)(F)F)cc3)O[C@@H]1[C@@H](c1cn(Cc3ccccc3)nn1)O2. The van der Waals surface area contributed by atoms with E-state index in [1.54, 1.807) is 10.9 Å². The predicted octanol–water partition coefficient (Wildman–Crippen LogP) is 4.29. The molecule has 33 heavy (non-hydrogen) atoms. The average molecular weight is 459 g/mol. The van der Waals surface area contributed by atoms with Gasteiger partial charge in [0, 0.05) is 12.8 Å².